The molecule has 13 heavy (non-hydrogen) atoms. The molecule has 2 N–H and O–H groups in total. The lowest BCUT2D eigenvalue weighted by molar-refractivity contribution is -0.319. The van der Waals surface area contributed by atoms with Crippen molar-refractivity contribution in [1.82, 2.24) is 0 Å². The van der Waals surface area contributed by atoms with E-state index in [9.17, 15) is 24.4 Å². The lowest BCUT2D eigenvalue weighted by Gasteiger charge is -2.18. The second-order valence-corrected chi connectivity index (χ2v) is 4.13. The molecule has 0 radical (unpaired) electrons. The van der Waals surface area contributed by atoms with Crippen molar-refractivity contribution in [3.05, 3.63) is 0 Å². The van der Waals surface area contributed by atoms with Crippen molar-refractivity contribution in [3.8, 4) is 0 Å². The largest absolute Gasteiger partial charge is 0.550 e. The van der Waals surface area contributed by atoms with Crippen LogP contribution in [0.1, 0.15) is 6.42 Å². The Morgan fingerprint density at radius 3 is 2.00 bits per heavy atom. The van der Waals surface area contributed by atoms with Crippen LogP contribution in [0.3, 0.4) is 0 Å². The minimum absolute atomic E-state index is 0.965. The summed E-state index contributed by atoms with van der Waals surface area (Å²) in [6.45, 7) is 0. The third-order valence-electron chi connectivity index (χ3n) is 1.20. The highest BCUT2D eigenvalue weighted by molar-refractivity contribution is 7.51. The molecule has 0 bridgehead atoms. The Bertz CT molecular complexity index is 254. The highest BCUT2D eigenvalue weighted by atomic mass is 31.2. The fraction of sp³-hybridized carbons (Fsp3) is 0.600. The molecule has 0 aliphatic rings. The van der Waals surface area contributed by atoms with E-state index in [-0.39, 0.29) is 0 Å². The minimum atomic E-state index is -4.54. The fourth-order valence-electron chi connectivity index (χ4n) is 0.711. The molecule has 0 aromatic carbocycles. The van der Waals surface area contributed by atoms with Gasteiger partial charge in [-0.25, -0.2) is 0 Å². The predicted molar refractivity (Wildman–Crippen MR) is 35.0 cm³/mol. The summed E-state index contributed by atoms with van der Waals surface area (Å²) in [6.07, 6.45) is -2.02. The molecule has 0 aromatic heterocycles. The van der Waals surface area contributed by atoms with E-state index < -0.39 is 38.0 Å². The van der Waals surface area contributed by atoms with E-state index in [1.165, 1.54) is 0 Å². The van der Waals surface area contributed by atoms with E-state index in [1.54, 1.807) is 0 Å². The summed E-state index contributed by atoms with van der Waals surface area (Å²) >= 11 is 0. The van der Waals surface area contributed by atoms with Crippen LogP contribution >= 0.6 is 7.60 Å². The van der Waals surface area contributed by atoms with Crippen molar-refractivity contribution in [2.75, 3.05) is 6.16 Å². The van der Waals surface area contributed by atoms with Crippen molar-refractivity contribution in [2.24, 2.45) is 5.92 Å². The maximum atomic E-state index is 10.3. The number of aliphatic carboxylic acids is 2. The van der Waals surface area contributed by atoms with Crippen LogP contribution in [-0.2, 0) is 14.2 Å². The standard InChI is InChI=1S/C5H9O7P/c6-4(7)1-3(5(8)9)2-13(10,11)12/h3H,1-2H2,(H,6,7)(H,8,9)(H2,10,11,12)/p-2. The predicted octanol–water partition coefficient (Wildman–Crippen LogP) is -3.33. The van der Waals surface area contributed by atoms with Crippen LogP contribution in [-0.4, -0.2) is 27.9 Å². The number of hydrogen-bond donors (Lipinski definition) is 2. The summed E-state index contributed by atoms with van der Waals surface area (Å²) < 4.78 is 10.3. The summed E-state index contributed by atoms with van der Waals surface area (Å²) in [5, 5.41) is 20.1. The highest BCUT2D eigenvalue weighted by Gasteiger charge is 2.22. The Kier molecular flexibility index (Phi) is 4.06. The van der Waals surface area contributed by atoms with Gasteiger partial charge in [0.25, 0.3) is 0 Å². The minimum Gasteiger partial charge on any atom is -0.550 e. The van der Waals surface area contributed by atoms with Crippen LogP contribution < -0.4 is 10.2 Å². The van der Waals surface area contributed by atoms with Crippen LogP contribution in [0.15, 0.2) is 0 Å². The average Bonchev–Trinajstić information content (AvgIpc) is 1.81. The molecule has 1 unspecified atom stereocenters. The maximum Gasteiger partial charge on any atom is 0.326 e. The molecule has 0 spiro atoms. The van der Waals surface area contributed by atoms with E-state index in [1.807, 2.05) is 0 Å². The van der Waals surface area contributed by atoms with Crippen LogP contribution in [0.25, 0.3) is 0 Å². The third kappa shape index (κ3) is 6.27. The highest BCUT2D eigenvalue weighted by Crippen LogP contribution is 2.37. The van der Waals surface area contributed by atoms with Gasteiger partial charge >= 0.3 is 7.60 Å². The third-order valence-corrected chi connectivity index (χ3v) is 2.12. The molecule has 8 heteroatoms. The van der Waals surface area contributed by atoms with Gasteiger partial charge in [0.1, 0.15) is 0 Å². The van der Waals surface area contributed by atoms with Crippen molar-refractivity contribution < 1.29 is 34.2 Å². The van der Waals surface area contributed by atoms with E-state index >= 15 is 0 Å². The SMILES string of the molecule is O=C([O-])CC(CP(=O)(O)O)C(=O)[O-]. The van der Waals surface area contributed by atoms with Crippen LogP contribution in [0.4, 0.5) is 0 Å². The topological polar surface area (TPSA) is 138 Å². The summed E-state index contributed by atoms with van der Waals surface area (Å²) in [5.41, 5.74) is 0. The molecule has 0 saturated heterocycles. The molecule has 0 aromatic rings. The second-order valence-electron chi connectivity index (χ2n) is 2.44. The van der Waals surface area contributed by atoms with Gasteiger partial charge in [0.15, 0.2) is 0 Å². The van der Waals surface area contributed by atoms with Crippen LogP contribution in [0.2, 0.25) is 0 Å². The summed E-state index contributed by atoms with van der Waals surface area (Å²) in [7, 11) is -4.54. The maximum absolute atomic E-state index is 10.3. The molecule has 1 atom stereocenters. The lowest BCUT2D eigenvalue weighted by Crippen LogP contribution is -2.38. The summed E-state index contributed by atoms with van der Waals surface area (Å²) in [4.78, 5) is 36.8. The van der Waals surface area contributed by atoms with Gasteiger partial charge in [0.05, 0.1) is 6.16 Å². The Balaban J connectivity index is 4.36. The van der Waals surface area contributed by atoms with Gasteiger partial charge in [-0.15, -0.1) is 0 Å². The molecular weight excluding hydrogens is 203 g/mol. The zero-order valence-electron chi connectivity index (χ0n) is 6.37. The molecule has 0 aliphatic carbocycles. The van der Waals surface area contributed by atoms with Gasteiger partial charge in [0, 0.05) is 17.9 Å². The van der Waals surface area contributed by atoms with Crippen LogP contribution in [0, 0.1) is 5.92 Å². The first-order chi connectivity index (χ1) is 5.72. The first-order valence-electron chi connectivity index (χ1n) is 3.17. The molecule has 0 saturated carbocycles. The van der Waals surface area contributed by atoms with Gasteiger partial charge in [-0.1, -0.05) is 0 Å². The molecule has 0 heterocycles. The number of carboxylic acid groups (broad SMARTS) is 2. The molecular formula is C5H7O7P-2. The zero-order chi connectivity index (χ0) is 10.6. The number of carbonyl (C=O) groups excluding carboxylic acids is 2. The summed E-state index contributed by atoms with van der Waals surface area (Å²) in [6, 6.07) is 0. The fourth-order valence-corrected chi connectivity index (χ4v) is 1.56. The quantitative estimate of drug-likeness (QED) is 0.452. The Hall–Kier alpha value is -0.910. The monoisotopic (exact) mass is 210 g/mol. The Morgan fingerprint density at radius 2 is 1.77 bits per heavy atom. The Labute approximate surface area is 73.2 Å². The number of carbonyl (C=O) groups is 2. The van der Waals surface area contributed by atoms with Gasteiger partial charge in [-0.2, -0.15) is 0 Å². The zero-order valence-corrected chi connectivity index (χ0v) is 7.27. The van der Waals surface area contributed by atoms with Crippen molar-refractivity contribution in [3.63, 3.8) is 0 Å². The van der Waals surface area contributed by atoms with E-state index in [2.05, 4.69) is 0 Å². The lowest BCUT2D eigenvalue weighted by atomic mass is 10.1. The van der Waals surface area contributed by atoms with Gasteiger partial charge in [-0.3, -0.25) is 4.57 Å². The molecule has 7 nitrogen and oxygen atoms in total. The molecule has 0 fully saturated rings. The van der Waals surface area contributed by atoms with Gasteiger partial charge in [-0.05, 0) is 6.42 Å². The molecule has 76 valence electrons. The summed E-state index contributed by atoms with van der Waals surface area (Å²) in [5.74, 6) is -5.22. The number of hydrogen-bond acceptors (Lipinski definition) is 5. The van der Waals surface area contributed by atoms with Crippen molar-refractivity contribution >= 4 is 19.5 Å². The smallest absolute Gasteiger partial charge is 0.326 e. The normalized spacial score (nSPS) is 13.7. The number of carboxylic acids is 2. The van der Waals surface area contributed by atoms with Gasteiger partial charge < -0.3 is 29.6 Å². The molecule has 0 amide bonds. The van der Waals surface area contributed by atoms with Gasteiger partial charge in [0.2, 0.25) is 0 Å². The van der Waals surface area contributed by atoms with E-state index in [0.717, 1.165) is 0 Å². The van der Waals surface area contributed by atoms with Crippen molar-refractivity contribution in [1.29, 1.82) is 0 Å². The first kappa shape index (κ1) is 12.1. The van der Waals surface area contributed by atoms with E-state index in [0.29, 0.717) is 0 Å². The van der Waals surface area contributed by atoms with Crippen molar-refractivity contribution in [2.45, 2.75) is 6.42 Å². The number of rotatable bonds is 5. The first-order valence-corrected chi connectivity index (χ1v) is 4.97. The Morgan fingerprint density at radius 1 is 1.31 bits per heavy atom. The van der Waals surface area contributed by atoms with Crippen LogP contribution in [0.5, 0.6) is 0 Å². The molecule has 0 rings (SSSR count). The average molecular weight is 210 g/mol. The van der Waals surface area contributed by atoms with E-state index in [4.69, 9.17) is 9.79 Å². The second kappa shape index (κ2) is 4.36. The molecule has 0 aliphatic heterocycles.